The Hall–Kier alpha value is -15.5. The second-order valence-corrected chi connectivity index (χ2v) is 28.8. The average molecular weight is 1440 g/mol. The lowest BCUT2D eigenvalue weighted by Crippen LogP contribution is -1.98. The van der Waals surface area contributed by atoms with E-state index in [0.717, 1.165) is 95.1 Å². The smallest absolute Gasteiger partial charge is 0.308 e. The number of nitrogens with zero attached hydrogens (tertiary/aromatic N) is 10. The number of fused-ring (bicyclic) bond motifs is 27. The third kappa shape index (κ3) is 9.22. The molecule has 0 atom stereocenters. The van der Waals surface area contributed by atoms with Crippen LogP contribution in [0.25, 0.3) is 216 Å². The maximum Gasteiger partial charge on any atom is 0.308 e. The third-order valence-electron chi connectivity index (χ3n) is 22.7. The van der Waals surface area contributed by atoms with Gasteiger partial charge in [0.15, 0.2) is 11.6 Å². The molecule has 524 valence electrons. The molecular formula is C99H60N10O3. The first-order valence-corrected chi connectivity index (χ1v) is 37.6. The fraction of sp³-hybridized carbons (Fsp3) is 0. The standard InChI is InChI=1S/2C33H20N4O.C33H20N2O/c1-5-13-27-22(9-1)23-10-2-6-14-28(23)35(27)21-17-18-30-25(19-21)24-11-3-7-15-29(24)36(30)32-20-38-33-34-26-12-4-8-16-31(26)37(32)33;1-5-13-27-22(9-1)23-10-2-6-14-28(23)36(27)21-17-18-30-25(19-21)24-11-3-7-15-29(24)37(30)32-20-35-31-16-8-4-12-26(31)34-33(35)38-32;1-2-12-26-24(10-1)25-11-3-4-13-27(25)29-19-22(16-17-28(26)29)21-8-7-9-23(18-21)32-20-35-31-15-6-5-14-30(31)34-33(35)36-32/h2*1-20H;1-20H. The van der Waals surface area contributed by atoms with Crippen LogP contribution >= 0.6 is 0 Å². The highest BCUT2D eigenvalue weighted by Crippen LogP contribution is 2.43. The van der Waals surface area contributed by atoms with E-state index >= 15 is 0 Å². The summed E-state index contributed by atoms with van der Waals surface area (Å²) >= 11 is 0. The fourth-order valence-corrected chi connectivity index (χ4v) is 17.8. The Morgan fingerprint density at radius 3 is 1.12 bits per heavy atom. The molecule has 16 aromatic carbocycles. The Balaban J connectivity index is 0.0000000977. The number of aromatic nitrogens is 10. The number of benzene rings is 16. The molecule has 0 N–H and O–H groups in total. The number of para-hydroxylation sites is 12. The van der Waals surface area contributed by atoms with Gasteiger partial charge in [-0.2, -0.15) is 15.0 Å². The van der Waals surface area contributed by atoms with Crippen LogP contribution in [0.1, 0.15) is 0 Å². The lowest BCUT2D eigenvalue weighted by molar-refractivity contribution is 0.574. The van der Waals surface area contributed by atoms with Crippen molar-refractivity contribution in [3.8, 4) is 45.5 Å². The van der Waals surface area contributed by atoms with Crippen LogP contribution in [0.15, 0.2) is 378 Å². The second-order valence-electron chi connectivity index (χ2n) is 28.8. The van der Waals surface area contributed by atoms with Crippen LogP contribution < -0.4 is 0 Å². The summed E-state index contributed by atoms with van der Waals surface area (Å²) in [5.41, 5.74) is 20.8. The summed E-state index contributed by atoms with van der Waals surface area (Å²) in [5.74, 6) is 4.28. The largest absolute Gasteiger partial charge is 0.429 e. The Bertz CT molecular complexity index is 8240. The number of hydrogen-bond acceptors (Lipinski definition) is 6. The van der Waals surface area contributed by atoms with E-state index in [0.29, 0.717) is 17.5 Å². The lowest BCUT2D eigenvalue weighted by Gasteiger charge is -2.12. The molecule has 0 saturated carbocycles. The van der Waals surface area contributed by atoms with Crippen LogP contribution in [-0.4, -0.2) is 46.4 Å². The van der Waals surface area contributed by atoms with Crippen molar-refractivity contribution in [3.05, 3.63) is 364 Å². The maximum atomic E-state index is 6.34. The highest BCUT2D eigenvalue weighted by atomic mass is 16.4. The van der Waals surface area contributed by atoms with E-state index in [4.69, 9.17) is 23.2 Å². The van der Waals surface area contributed by atoms with Crippen molar-refractivity contribution in [2.45, 2.75) is 0 Å². The van der Waals surface area contributed by atoms with Crippen LogP contribution in [0.2, 0.25) is 0 Å². The zero-order valence-corrected chi connectivity index (χ0v) is 59.8. The Kier molecular flexibility index (Phi) is 13.2. The molecule has 10 heterocycles. The van der Waals surface area contributed by atoms with E-state index in [1.54, 1.807) is 0 Å². The number of rotatable bonds is 6. The van der Waals surface area contributed by atoms with Crippen molar-refractivity contribution in [1.82, 2.24) is 46.4 Å². The summed E-state index contributed by atoms with van der Waals surface area (Å²) in [6, 6.07) is 122. The number of oxazole rings is 3. The molecule has 13 heteroatoms. The molecule has 112 heavy (non-hydrogen) atoms. The first-order valence-electron chi connectivity index (χ1n) is 37.6. The predicted molar refractivity (Wildman–Crippen MR) is 456 cm³/mol. The van der Waals surface area contributed by atoms with Gasteiger partial charge in [-0.05, 0) is 165 Å². The van der Waals surface area contributed by atoms with Gasteiger partial charge in [-0.15, -0.1) is 0 Å². The fourth-order valence-electron chi connectivity index (χ4n) is 17.8. The van der Waals surface area contributed by atoms with Crippen molar-refractivity contribution in [3.63, 3.8) is 0 Å². The summed E-state index contributed by atoms with van der Waals surface area (Å²) in [6.07, 6.45) is 5.88. The summed E-state index contributed by atoms with van der Waals surface area (Å²) < 4.78 is 33.8. The summed E-state index contributed by atoms with van der Waals surface area (Å²) in [7, 11) is 0. The van der Waals surface area contributed by atoms with E-state index in [1.165, 1.54) is 103 Å². The molecule has 26 aromatic rings. The molecule has 0 bridgehead atoms. The lowest BCUT2D eigenvalue weighted by atomic mass is 9.92. The molecule has 0 aliphatic carbocycles. The van der Waals surface area contributed by atoms with E-state index in [9.17, 15) is 0 Å². The molecule has 0 fully saturated rings. The van der Waals surface area contributed by atoms with E-state index in [1.807, 2.05) is 82.1 Å². The van der Waals surface area contributed by atoms with Crippen molar-refractivity contribution in [2.24, 2.45) is 0 Å². The normalized spacial score (nSPS) is 12.1. The molecule has 0 amide bonds. The molecule has 0 radical (unpaired) electrons. The van der Waals surface area contributed by atoms with Gasteiger partial charge in [-0.1, -0.05) is 224 Å². The molecule has 13 nitrogen and oxygen atoms in total. The molecule has 0 aliphatic heterocycles. The Labute approximate surface area is 636 Å². The van der Waals surface area contributed by atoms with Gasteiger partial charge in [0.2, 0.25) is 5.88 Å². The van der Waals surface area contributed by atoms with Crippen LogP contribution in [-0.2, 0) is 0 Å². The second kappa shape index (κ2) is 24.0. The van der Waals surface area contributed by atoms with Gasteiger partial charge in [0, 0.05) is 60.0 Å². The van der Waals surface area contributed by atoms with Gasteiger partial charge in [0.25, 0.3) is 0 Å². The first kappa shape index (κ1) is 61.7. The number of hydrogen-bond donors (Lipinski definition) is 0. The van der Waals surface area contributed by atoms with E-state index in [-0.39, 0.29) is 0 Å². The van der Waals surface area contributed by atoms with Crippen LogP contribution in [0.4, 0.5) is 0 Å². The van der Waals surface area contributed by atoms with Crippen LogP contribution in [0, 0.1) is 0 Å². The summed E-state index contributed by atoms with van der Waals surface area (Å²) in [5, 5.41) is 17.5. The van der Waals surface area contributed by atoms with Gasteiger partial charge in [-0.25, -0.2) is 4.40 Å². The van der Waals surface area contributed by atoms with Crippen LogP contribution in [0.5, 0.6) is 0 Å². The van der Waals surface area contributed by atoms with Gasteiger partial charge >= 0.3 is 17.5 Å². The summed E-state index contributed by atoms with van der Waals surface area (Å²) in [4.78, 5) is 14.0. The number of imidazole rings is 3. The first-order chi connectivity index (χ1) is 55.5. The topological polar surface area (TPSA) is 111 Å². The molecule has 26 rings (SSSR count). The third-order valence-corrected chi connectivity index (χ3v) is 22.7. The Morgan fingerprint density at radius 2 is 0.589 bits per heavy atom. The maximum absolute atomic E-state index is 6.34. The summed E-state index contributed by atoms with van der Waals surface area (Å²) in [6.45, 7) is 0. The van der Waals surface area contributed by atoms with Gasteiger partial charge in [0.1, 0.15) is 6.26 Å². The predicted octanol–water partition coefficient (Wildman–Crippen LogP) is 25.4. The molecule has 0 saturated heterocycles. The minimum Gasteiger partial charge on any atom is -0.429 e. The van der Waals surface area contributed by atoms with Gasteiger partial charge in [-0.3, -0.25) is 17.9 Å². The molecule has 10 aromatic heterocycles. The monoisotopic (exact) mass is 1440 g/mol. The minimum atomic E-state index is 0.592. The Morgan fingerprint density at radius 1 is 0.223 bits per heavy atom. The van der Waals surface area contributed by atoms with Crippen LogP contribution in [0.3, 0.4) is 0 Å². The zero-order valence-electron chi connectivity index (χ0n) is 59.8. The van der Waals surface area contributed by atoms with E-state index in [2.05, 4.69) is 319 Å². The van der Waals surface area contributed by atoms with Crippen molar-refractivity contribution < 1.29 is 13.3 Å². The molecule has 0 aliphatic rings. The van der Waals surface area contributed by atoms with Gasteiger partial charge in [0.05, 0.1) is 89.6 Å². The molecule has 0 unspecified atom stereocenters. The molecular weight excluding hydrogens is 1380 g/mol. The SMILES string of the molecule is c1cc(-c2ccc3c4ccccc4c4ccccc4c3c2)cc(-c2cn3c(nc4ccccc43)o2)c1.c1ccc2c(c1)nc1oc(-n3c4ccccc4c4cc(-n5c6ccccc6c6ccccc65)ccc43)cn12.c1ccc2c(c1)nc1occ(-n3c4ccccc4c4cc(-n5c6ccccc6c6ccccc65)ccc43)n12. The van der Waals surface area contributed by atoms with Crippen molar-refractivity contribution >= 4 is 170 Å². The minimum absolute atomic E-state index is 0.592. The average Bonchev–Trinajstić information content (AvgIpc) is 1.53. The van der Waals surface area contributed by atoms with E-state index < -0.39 is 0 Å². The highest BCUT2D eigenvalue weighted by molar-refractivity contribution is 6.26. The van der Waals surface area contributed by atoms with Gasteiger partial charge < -0.3 is 22.4 Å². The van der Waals surface area contributed by atoms with Crippen molar-refractivity contribution in [1.29, 1.82) is 0 Å². The molecule has 0 spiro atoms. The highest BCUT2D eigenvalue weighted by Gasteiger charge is 2.24. The van der Waals surface area contributed by atoms with Crippen molar-refractivity contribution in [2.75, 3.05) is 0 Å². The quantitative estimate of drug-likeness (QED) is 0.153. The zero-order chi connectivity index (χ0) is 73.2.